The number of halogens is 2. The quantitative estimate of drug-likeness (QED) is 0.237. The maximum Gasteiger partial charge on any atom is 0.343 e. The van der Waals surface area contributed by atoms with E-state index >= 15 is 4.39 Å². The monoisotopic (exact) mass is 456 g/mol. The third kappa shape index (κ3) is 5.73. The first kappa shape index (κ1) is 23.3. The summed E-state index contributed by atoms with van der Waals surface area (Å²) in [6.07, 6.45) is 12.8. The van der Waals surface area contributed by atoms with Gasteiger partial charge in [0.2, 0.25) is 0 Å². The van der Waals surface area contributed by atoms with Gasteiger partial charge in [0.05, 0.1) is 5.56 Å². The summed E-state index contributed by atoms with van der Waals surface area (Å²) < 4.78 is 20.4. The highest BCUT2D eigenvalue weighted by Gasteiger charge is 2.36. The van der Waals surface area contributed by atoms with Crippen molar-refractivity contribution in [2.24, 2.45) is 17.8 Å². The second-order valence-corrected chi connectivity index (χ2v) is 10.2. The second-order valence-electron chi connectivity index (χ2n) is 9.78. The zero-order valence-corrected chi connectivity index (χ0v) is 19.8. The number of carbonyl (C=O) groups excluding carboxylic acids is 1. The van der Waals surface area contributed by atoms with Gasteiger partial charge in [0.25, 0.3) is 0 Å². The van der Waals surface area contributed by atoms with Gasteiger partial charge in [-0.2, -0.15) is 0 Å². The lowest BCUT2D eigenvalue weighted by Crippen LogP contribution is -2.30. The van der Waals surface area contributed by atoms with Gasteiger partial charge in [-0.15, -0.1) is 0 Å². The molecule has 0 radical (unpaired) electrons. The van der Waals surface area contributed by atoms with E-state index < -0.39 is 5.97 Å². The van der Waals surface area contributed by atoms with Gasteiger partial charge in [-0.3, -0.25) is 0 Å². The molecule has 4 heteroatoms. The first-order valence-electron chi connectivity index (χ1n) is 12.3. The van der Waals surface area contributed by atoms with Gasteiger partial charge >= 0.3 is 5.97 Å². The minimum atomic E-state index is -0.553. The Morgan fingerprint density at radius 1 is 1.00 bits per heavy atom. The van der Waals surface area contributed by atoms with Gasteiger partial charge in [-0.1, -0.05) is 56.7 Å². The molecule has 2 saturated carbocycles. The number of hydrogen-bond donors (Lipinski definition) is 0. The highest BCUT2D eigenvalue weighted by Crippen LogP contribution is 2.48. The van der Waals surface area contributed by atoms with E-state index in [4.69, 9.17) is 16.3 Å². The van der Waals surface area contributed by atoms with Crippen LogP contribution in [0.15, 0.2) is 42.5 Å². The van der Waals surface area contributed by atoms with Crippen LogP contribution in [-0.2, 0) is 0 Å². The van der Waals surface area contributed by atoms with Gasteiger partial charge in [-0.25, -0.2) is 9.18 Å². The Bertz CT molecular complexity index is 910. The predicted octanol–water partition coefficient (Wildman–Crippen LogP) is 8.58. The van der Waals surface area contributed by atoms with Crippen molar-refractivity contribution in [3.63, 3.8) is 0 Å². The minimum absolute atomic E-state index is 0.238. The fourth-order valence-corrected chi connectivity index (χ4v) is 5.99. The van der Waals surface area contributed by atoms with Gasteiger partial charge in [-0.05, 0) is 97.7 Å². The molecule has 2 fully saturated rings. The zero-order valence-electron chi connectivity index (χ0n) is 19.0. The number of carbonyl (C=O) groups is 1. The van der Waals surface area contributed by atoms with Crippen molar-refractivity contribution in [1.29, 1.82) is 0 Å². The summed E-state index contributed by atoms with van der Waals surface area (Å²) in [7, 11) is 0. The summed E-state index contributed by atoms with van der Waals surface area (Å²) in [5, 5.41) is 0.569. The number of ether oxygens (including phenoxy) is 1. The molecule has 4 atom stereocenters. The zero-order chi connectivity index (χ0) is 22.5. The van der Waals surface area contributed by atoms with Crippen LogP contribution in [0.5, 0.6) is 5.75 Å². The number of benzene rings is 2. The summed E-state index contributed by atoms with van der Waals surface area (Å²) in [5.41, 5.74) is 0.999. The van der Waals surface area contributed by atoms with Crippen LogP contribution in [0.3, 0.4) is 0 Å². The average molecular weight is 457 g/mol. The van der Waals surface area contributed by atoms with Crippen LogP contribution >= 0.6 is 11.6 Å². The molecule has 0 aliphatic heterocycles. The highest BCUT2D eigenvalue weighted by atomic mass is 35.5. The van der Waals surface area contributed by atoms with E-state index in [1.807, 2.05) is 0 Å². The Balaban J connectivity index is 1.35. The SMILES string of the molecule is CCCCCC1CCC2CC(c3ccc(C(=O)Oc4ccc(Cl)cc4)cc3F)CCC2C1. The van der Waals surface area contributed by atoms with E-state index in [0.717, 1.165) is 36.2 Å². The van der Waals surface area contributed by atoms with Gasteiger partial charge in [0.15, 0.2) is 0 Å². The molecule has 2 aliphatic carbocycles. The largest absolute Gasteiger partial charge is 0.423 e. The standard InChI is InChI=1S/C28H34ClFO2/c1-2-3-4-5-19-6-7-21-17-22(9-8-20(21)16-19)26-15-10-23(18-27(26)30)28(31)32-25-13-11-24(29)12-14-25/h10-15,18-22H,2-9,16-17H2,1H3. The summed E-state index contributed by atoms with van der Waals surface area (Å²) in [6, 6.07) is 11.4. The van der Waals surface area contributed by atoms with Crippen LogP contribution in [0.25, 0.3) is 0 Å². The summed E-state index contributed by atoms with van der Waals surface area (Å²) in [6.45, 7) is 2.27. The molecule has 0 heterocycles. The Hall–Kier alpha value is -1.87. The molecule has 4 unspecified atom stereocenters. The first-order chi connectivity index (χ1) is 15.5. The molecule has 0 aromatic heterocycles. The van der Waals surface area contributed by atoms with Crippen LogP contribution in [0.4, 0.5) is 4.39 Å². The fraction of sp³-hybridized carbons (Fsp3) is 0.536. The van der Waals surface area contributed by atoms with E-state index in [9.17, 15) is 4.79 Å². The minimum Gasteiger partial charge on any atom is -0.423 e. The summed E-state index contributed by atoms with van der Waals surface area (Å²) >= 11 is 5.86. The molecule has 0 amide bonds. The van der Waals surface area contributed by atoms with E-state index in [0.29, 0.717) is 10.8 Å². The maximum atomic E-state index is 15.0. The van der Waals surface area contributed by atoms with E-state index in [1.165, 1.54) is 57.4 Å². The Kier molecular flexibility index (Phi) is 7.88. The van der Waals surface area contributed by atoms with Crippen molar-refractivity contribution < 1.29 is 13.9 Å². The number of rotatable bonds is 7. The molecular formula is C28H34ClFO2. The van der Waals surface area contributed by atoms with Crippen molar-refractivity contribution in [3.8, 4) is 5.75 Å². The Morgan fingerprint density at radius 3 is 2.50 bits per heavy atom. The number of unbranched alkanes of at least 4 members (excludes halogenated alkanes) is 2. The predicted molar refractivity (Wildman–Crippen MR) is 128 cm³/mol. The molecular weight excluding hydrogens is 423 g/mol. The van der Waals surface area contributed by atoms with Crippen molar-refractivity contribution in [2.75, 3.05) is 0 Å². The molecule has 0 saturated heterocycles. The van der Waals surface area contributed by atoms with Crippen molar-refractivity contribution >= 4 is 17.6 Å². The maximum absolute atomic E-state index is 15.0. The molecule has 4 rings (SSSR count). The van der Waals surface area contributed by atoms with Crippen LogP contribution in [0.1, 0.15) is 93.0 Å². The molecule has 2 aromatic rings. The number of esters is 1. The normalized spacial score (nSPS) is 25.2. The summed E-state index contributed by atoms with van der Waals surface area (Å²) in [4.78, 5) is 12.4. The van der Waals surface area contributed by atoms with E-state index in [2.05, 4.69) is 6.92 Å². The lowest BCUT2D eigenvalue weighted by atomic mass is 9.63. The highest BCUT2D eigenvalue weighted by molar-refractivity contribution is 6.30. The third-order valence-corrected chi connectivity index (χ3v) is 7.89. The molecule has 2 aliphatic rings. The Morgan fingerprint density at radius 2 is 1.75 bits per heavy atom. The molecule has 0 N–H and O–H groups in total. The van der Waals surface area contributed by atoms with Gasteiger partial charge < -0.3 is 4.74 Å². The topological polar surface area (TPSA) is 26.3 Å². The lowest BCUT2D eigenvalue weighted by molar-refractivity contribution is 0.0734. The molecule has 32 heavy (non-hydrogen) atoms. The average Bonchev–Trinajstić information content (AvgIpc) is 2.80. The van der Waals surface area contributed by atoms with Crippen molar-refractivity contribution in [2.45, 2.75) is 77.0 Å². The molecule has 0 bridgehead atoms. The lowest BCUT2D eigenvalue weighted by Gasteiger charge is -2.42. The third-order valence-electron chi connectivity index (χ3n) is 7.64. The van der Waals surface area contributed by atoms with Crippen molar-refractivity contribution in [1.82, 2.24) is 0 Å². The Labute approximate surface area is 196 Å². The van der Waals surface area contributed by atoms with Crippen LogP contribution in [0.2, 0.25) is 5.02 Å². The molecule has 172 valence electrons. The van der Waals surface area contributed by atoms with Crippen LogP contribution < -0.4 is 4.74 Å². The smallest absolute Gasteiger partial charge is 0.343 e. The second kappa shape index (κ2) is 10.8. The summed E-state index contributed by atoms with van der Waals surface area (Å²) in [5.74, 6) is 2.27. The fourth-order valence-electron chi connectivity index (χ4n) is 5.87. The van der Waals surface area contributed by atoms with Crippen LogP contribution in [-0.4, -0.2) is 5.97 Å². The molecule has 2 nitrogen and oxygen atoms in total. The van der Waals surface area contributed by atoms with Gasteiger partial charge in [0, 0.05) is 5.02 Å². The number of fused-ring (bicyclic) bond motifs is 1. The van der Waals surface area contributed by atoms with Gasteiger partial charge in [0.1, 0.15) is 11.6 Å². The number of hydrogen-bond acceptors (Lipinski definition) is 2. The van der Waals surface area contributed by atoms with E-state index in [-0.39, 0.29) is 17.3 Å². The van der Waals surface area contributed by atoms with Crippen molar-refractivity contribution in [3.05, 3.63) is 64.4 Å². The first-order valence-corrected chi connectivity index (χ1v) is 12.7. The molecule has 2 aromatic carbocycles. The molecule has 0 spiro atoms. The van der Waals surface area contributed by atoms with E-state index in [1.54, 1.807) is 36.4 Å². The van der Waals surface area contributed by atoms with Crippen LogP contribution in [0, 0.1) is 23.6 Å².